The van der Waals surface area contributed by atoms with Gasteiger partial charge in [-0.25, -0.2) is 19.7 Å². The highest BCUT2D eigenvalue weighted by Gasteiger charge is 2.38. The molecule has 0 unspecified atom stereocenters. The summed E-state index contributed by atoms with van der Waals surface area (Å²) in [5.41, 5.74) is 7.16. The quantitative estimate of drug-likeness (QED) is 0.0624. The number of carbonyl (C=O) groups excluding carboxylic acids is 1. The summed E-state index contributed by atoms with van der Waals surface area (Å²) in [6.45, 7) is 34.1. The van der Waals surface area contributed by atoms with E-state index in [0.717, 1.165) is 53.5 Å². The topological polar surface area (TPSA) is 102 Å². The molecule has 0 spiro atoms. The third-order valence-electron chi connectivity index (χ3n) is 10.6. The number of amides is 1. The number of carbonyl (C=O) groups is 1. The first-order chi connectivity index (χ1) is 30.4. The van der Waals surface area contributed by atoms with Crippen LogP contribution in [0.15, 0.2) is 143 Å². The zero-order valence-corrected chi connectivity index (χ0v) is 39.7. The Morgan fingerprint density at radius 2 is 1.53 bits per heavy atom. The number of hydrogen-bond donors (Lipinski definition) is 1. The van der Waals surface area contributed by atoms with Crippen LogP contribution in [-0.4, -0.2) is 39.0 Å². The summed E-state index contributed by atoms with van der Waals surface area (Å²) in [6.07, 6.45) is 14.7. The highest BCUT2D eigenvalue weighted by molar-refractivity contribution is 6.66. The molecule has 1 amide bonds. The van der Waals surface area contributed by atoms with Crippen LogP contribution >= 0.6 is 0 Å². The number of nitrogens with zero attached hydrogens (tertiary/aromatic N) is 4. The Balaban J connectivity index is 1.24. The Bertz CT molecular complexity index is 2410. The molecule has 0 bridgehead atoms. The lowest BCUT2D eigenvalue weighted by Crippen LogP contribution is -2.43. The molecule has 3 aromatic rings. The van der Waals surface area contributed by atoms with E-state index in [-0.39, 0.29) is 41.4 Å². The van der Waals surface area contributed by atoms with E-state index in [9.17, 15) is 10.1 Å². The molecule has 5 rings (SSSR count). The van der Waals surface area contributed by atoms with Crippen LogP contribution < -0.4 is 10.2 Å². The highest BCUT2D eigenvalue weighted by atomic mass is 28.4. The number of ether oxygens (including phenoxy) is 2. The van der Waals surface area contributed by atoms with Crippen LogP contribution in [0.1, 0.15) is 85.8 Å². The van der Waals surface area contributed by atoms with Gasteiger partial charge in [-0.05, 0) is 137 Å². The fourth-order valence-electron chi connectivity index (χ4n) is 8.08. The summed E-state index contributed by atoms with van der Waals surface area (Å²) < 4.78 is 23.8. The van der Waals surface area contributed by atoms with Crippen LogP contribution in [0.25, 0.3) is 15.8 Å². The normalized spacial score (nSPS) is 17.2. The number of anilines is 3. The van der Waals surface area contributed by atoms with Gasteiger partial charge in [-0.15, -0.1) is 0 Å². The molecular formula is C53H61N5O5Si. The standard InChI is InChI=1S/C53H61N5O5Si/c1-38(2)62-64(11,63-39(3)4)32-16-31-57-51(59)60-37-41-25-29-46(30-26-41)58(44-18-13-12-14-19-44)45-27-23-40(24-28-45)21-22-43-33-42(34-52(5,6)35-43)17-15-20-47-49(56-10)50(48(36-54)55-9)61-53(47,7)8/h12-15,17-30,33,38-39H,16,31-32,34-35,37H2,1-8,11H3,(H,57,59)/b20-15+,22-21+,42-17-,50-48+. The summed E-state index contributed by atoms with van der Waals surface area (Å²) in [5.74, 6) is 0.0498. The number of nitrogens with one attached hydrogen (secondary N) is 1. The second kappa shape index (κ2) is 21.8. The molecule has 64 heavy (non-hydrogen) atoms. The summed E-state index contributed by atoms with van der Waals surface area (Å²) >= 11 is 0. The lowest BCUT2D eigenvalue weighted by molar-refractivity contribution is 0.0951. The molecule has 0 saturated heterocycles. The van der Waals surface area contributed by atoms with E-state index in [4.69, 9.17) is 31.5 Å². The van der Waals surface area contributed by atoms with Gasteiger partial charge in [-0.1, -0.05) is 92.8 Å². The zero-order valence-electron chi connectivity index (χ0n) is 38.7. The Hall–Kier alpha value is -6.42. The van der Waals surface area contributed by atoms with E-state index in [1.54, 1.807) is 0 Å². The molecule has 1 aliphatic carbocycles. The summed E-state index contributed by atoms with van der Waals surface area (Å²) in [6, 6.07) is 29.4. The van der Waals surface area contributed by atoms with Crippen molar-refractivity contribution in [2.24, 2.45) is 5.41 Å². The van der Waals surface area contributed by atoms with Crippen LogP contribution in [0.5, 0.6) is 0 Å². The number of alkyl carbamates (subject to hydrolysis) is 1. The molecule has 0 aromatic heterocycles. The maximum Gasteiger partial charge on any atom is 0.407 e. The van der Waals surface area contributed by atoms with Crippen molar-refractivity contribution >= 4 is 37.8 Å². The fraction of sp³-hybridized carbons (Fsp3) is 0.358. The minimum atomic E-state index is -2.34. The maximum atomic E-state index is 12.6. The van der Waals surface area contributed by atoms with E-state index in [2.05, 4.69) is 101 Å². The molecule has 0 saturated carbocycles. The van der Waals surface area contributed by atoms with Gasteiger partial charge in [-0.2, -0.15) is 0 Å². The average molecular weight is 876 g/mol. The van der Waals surface area contributed by atoms with Gasteiger partial charge in [0.15, 0.2) is 0 Å². The molecule has 1 heterocycles. The third kappa shape index (κ3) is 13.5. The molecule has 0 atom stereocenters. The Morgan fingerprint density at radius 1 is 0.906 bits per heavy atom. The van der Waals surface area contributed by atoms with Gasteiger partial charge >= 0.3 is 14.7 Å². The SMILES string of the molecule is [C-]#[N+]C1=C(/C=C/C=C2C=C(/C=C/c3ccc(N(c4ccccc4)c4ccc(COC(=O)NCCC[Si](C)(OC(C)C)OC(C)C)cc4)cc3)CC(C)(C)C/2)C(C)(C)O/C1=C(\C#N)[N+]#[C-]. The smallest absolute Gasteiger partial charge is 0.407 e. The minimum absolute atomic E-state index is 0.0440. The first-order valence-corrected chi connectivity index (χ1v) is 24.4. The van der Waals surface area contributed by atoms with Crippen LogP contribution in [0, 0.1) is 29.9 Å². The largest absolute Gasteiger partial charge is 0.505 e. The number of nitriles is 1. The second-order valence-electron chi connectivity index (χ2n) is 18.1. The number of hydrogen-bond acceptors (Lipinski definition) is 7. The van der Waals surface area contributed by atoms with Crippen LogP contribution in [0.3, 0.4) is 0 Å². The van der Waals surface area contributed by atoms with Gasteiger partial charge in [0, 0.05) is 41.4 Å². The molecule has 11 heteroatoms. The first-order valence-electron chi connectivity index (χ1n) is 21.8. The van der Waals surface area contributed by atoms with Crippen molar-refractivity contribution in [3.8, 4) is 6.07 Å². The molecule has 332 valence electrons. The predicted octanol–water partition coefficient (Wildman–Crippen LogP) is 13.6. The van der Waals surface area contributed by atoms with Crippen LogP contribution in [0.4, 0.5) is 21.9 Å². The van der Waals surface area contributed by atoms with Crippen LogP contribution in [0.2, 0.25) is 12.6 Å². The van der Waals surface area contributed by atoms with Crippen molar-refractivity contribution < 1.29 is 23.1 Å². The Labute approximate surface area is 381 Å². The van der Waals surface area contributed by atoms with E-state index in [0.29, 0.717) is 12.1 Å². The molecule has 10 nitrogen and oxygen atoms in total. The lowest BCUT2D eigenvalue weighted by Gasteiger charge is -2.31. The molecule has 1 N–H and O–H groups in total. The second-order valence-corrected chi connectivity index (χ2v) is 21.3. The Morgan fingerprint density at radius 3 is 2.12 bits per heavy atom. The molecule has 0 radical (unpaired) electrons. The van der Waals surface area contributed by atoms with Crippen molar-refractivity contribution in [2.45, 2.75) is 112 Å². The molecule has 3 aromatic carbocycles. The fourth-order valence-corrected chi connectivity index (χ4v) is 11.2. The monoisotopic (exact) mass is 875 g/mol. The van der Waals surface area contributed by atoms with Crippen molar-refractivity contribution in [3.63, 3.8) is 0 Å². The predicted molar refractivity (Wildman–Crippen MR) is 258 cm³/mol. The average Bonchev–Trinajstić information content (AvgIpc) is 3.50. The van der Waals surface area contributed by atoms with Crippen molar-refractivity contribution in [1.82, 2.24) is 5.32 Å². The van der Waals surface area contributed by atoms with Gasteiger partial charge in [0.05, 0.1) is 19.2 Å². The number of allylic oxidation sites excluding steroid dienone is 7. The summed E-state index contributed by atoms with van der Waals surface area (Å²) in [4.78, 5) is 21.7. The van der Waals surface area contributed by atoms with E-state index in [1.807, 2.05) is 102 Å². The van der Waals surface area contributed by atoms with Gasteiger partial charge in [-0.3, -0.25) is 0 Å². The van der Waals surface area contributed by atoms with Gasteiger partial charge in [0.25, 0.3) is 5.70 Å². The lowest BCUT2D eigenvalue weighted by atomic mass is 9.75. The number of rotatable bonds is 17. The van der Waals surface area contributed by atoms with E-state index in [1.165, 1.54) is 11.1 Å². The molecular weight excluding hydrogens is 815 g/mol. The van der Waals surface area contributed by atoms with E-state index < -0.39 is 20.3 Å². The summed E-state index contributed by atoms with van der Waals surface area (Å²) in [7, 11) is -2.34. The number of para-hydroxylation sites is 1. The van der Waals surface area contributed by atoms with Crippen molar-refractivity contribution in [2.75, 3.05) is 11.4 Å². The minimum Gasteiger partial charge on any atom is -0.505 e. The zero-order chi connectivity index (χ0) is 46.5. The van der Waals surface area contributed by atoms with Crippen LogP contribution in [-0.2, 0) is 24.9 Å². The van der Waals surface area contributed by atoms with E-state index >= 15 is 0 Å². The first kappa shape index (κ1) is 48.6. The summed E-state index contributed by atoms with van der Waals surface area (Å²) in [5, 5.41) is 12.3. The molecule has 1 aliphatic heterocycles. The maximum absolute atomic E-state index is 12.6. The van der Waals surface area contributed by atoms with Gasteiger partial charge in [0.2, 0.25) is 5.70 Å². The molecule has 2 aliphatic rings. The van der Waals surface area contributed by atoms with Crippen molar-refractivity contribution in [1.29, 1.82) is 5.26 Å². The third-order valence-corrected chi connectivity index (χ3v) is 13.8. The van der Waals surface area contributed by atoms with Gasteiger partial charge < -0.3 is 28.5 Å². The number of benzene rings is 3. The molecule has 0 fully saturated rings. The Kier molecular flexibility index (Phi) is 16.5. The highest BCUT2D eigenvalue weighted by Crippen LogP contribution is 2.42. The van der Waals surface area contributed by atoms with Gasteiger partial charge in [0.1, 0.15) is 18.0 Å². The van der Waals surface area contributed by atoms with Crippen molar-refractivity contribution in [3.05, 3.63) is 177 Å².